The van der Waals surface area contributed by atoms with Gasteiger partial charge in [-0.05, 0) is 12.3 Å². The van der Waals surface area contributed by atoms with Crippen LogP contribution in [-0.2, 0) is 16.5 Å². The van der Waals surface area contributed by atoms with Crippen molar-refractivity contribution in [3.8, 4) is 0 Å². The molecule has 0 aliphatic carbocycles. The van der Waals surface area contributed by atoms with Gasteiger partial charge in [0.25, 0.3) is 5.91 Å². The number of aromatic nitrogens is 2. The van der Waals surface area contributed by atoms with Gasteiger partial charge in [-0.1, -0.05) is 25.4 Å². The van der Waals surface area contributed by atoms with Crippen LogP contribution in [0.1, 0.15) is 42.2 Å². The van der Waals surface area contributed by atoms with E-state index < -0.39 is 0 Å². The molecule has 0 spiro atoms. The second kappa shape index (κ2) is 6.56. The highest BCUT2D eigenvalue weighted by molar-refractivity contribution is 6.33. The highest BCUT2D eigenvalue weighted by Gasteiger charge is 2.24. The van der Waals surface area contributed by atoms with Crippen molar-refractivity contribution in [2.45, 2.75) is 32.3 Å². The number of carbonyl (C=O) groups excluding carboxylic acids is 1. The number of hydrogen-bond acceptors (Lipinski definition) is 4. The van der Waals surface area contributed by atoms with Crippen molar-refractivity contribution in [3.05, 3.63) is 16.4 Å². The fourth-order valence-corrected chi connectivity index (χ4v) is 2.31. The maximum atomic E-state index is 12.3. The lowest BCUT2D eigenvalue weighted by molar-refractivity contribution is -0.136. The van der Waals surface area contributed by atoms with Crippen LogP contribution >= 0.6 is 11.6 Å². The van der Waals surface area contributed by atoms with Crippen LogP contribution < -0.4 is 5.32 Å². The number of halogens is 1. The molecule has 1 aromatic heterocycles. The van der Waals surface area contributed by atoms with E-state index in [9.17, 15) is 4.79 Å². The minimum Gasteiger partial charge on any atom is -0.355 e. The summed E-state index contributed by atoms with van der Waals surface area (Å²) >= 11 is 6.16. The summed E-state index contributed by atoms with van der Waals surface area (Å²) in [6, 6.07) is 0. The average molecular weight is 302 g/mol. The highest BCUT2D eigenvalue weighted by atomic mass is 35.5. The second-order valence-corrected chi connectivity index (χ2v) is 5.50. The van der Waals surface area contributed by atoms with Crippen LogP contribution in [0.4, 0.5) is 0 Å². The number of carbonyl (C=O) groups is 1. The number of amides is 1. The lowest BCUT2D eigenvalue weighted by Gasteiger charge is -2.22. The molecule has 112 valence electrons. The van der Waals surface area contributed by atoms with Gasteiger partial charge in [0.15, 0.2) is 0 Å². The lowest BCUT2D eigenvalue weighted by Crippen LogP contribution is -2.37. The predicted molar refractivity (Wildman–Crippen MR) is 74.9 cm³/mol. The van der Waals surface area contributed by atoms with Crippen molar-refractivity contribution in [2.24, 2.45) is 7.05 Å². The third kappa shape index (κ3) is 3.31. The van der Waals surface area contributed by atoms with Crippen LogP contribution in [0.25, 0.3) is 0 Å². The van der Waals surface area contributed by atoms with Crippen LogP contribution in [0.2, 0.25) is 5.15 Å². The van der Waals surface area contributed by atoms with Gasteiger partial charge < -0.3 is 14.8 Å². The predicted octanol–water partition coefficient (Wildman–Crippen LogP) is 1.69. The molecule has 0 saturated carbocycles. The SMILES string of the molecule is CC(C)c1nn(C)c(Cl)c1C(=O)NC[C@H]1CCOCO1. The Morgan fingerprint density at radius 1 is 1.60 bits per heavy atom. The number of aryl methyl sites for hydroxylation is 1. The van der Waals surface area contributed by atoms with E-state index in [2.05, 4.69) is 10.4 Å². The molecule has 2 rings (SSSR count). The molecule has 0 bridgehead atoms. The van der Waals surface area contributed by atoms with E-state index >= 15 is 0 Å². The van der Waals surface area contributed by atoms with Gasteiger partial charge in [0, 0.05) is 13.6 Å². The topological polar surface area (TPSA) is 65.4 Å². The normalized spacial score (nSPS) is 19.4. The molecule has 1 atom stereocenters. The fraction of sp³-hybridized carbons (Fsp3) is 0.692. The summed E-state index contributed by atoms with van der Waals surface area (Å²) in [6.45, 7) is 5.36. The minimum atomic E-state index is -0.207. The van der Waals surface area contributed by atoms with E-state index in [1.807, 2.05) is 13.8 Å². The molecule has 20 heavy (non-hydrogen) atoms. The van der Waals surface area contributed by atoms with Gasteiger partial charge in [-0.25, -0.2) is 0 Å². The van der Waals surface area contributed by atoms with Gasteiger partial charge in [0.1, 0.15) is 11.9 Å². The number of rotatable bonds is 4. The molecular formula is C13H20ClN3O3. The smallest absolute Gasteiger partial charge is 0.256 e. The molecule has 0 unspecified atom stereocenters. The van der Waals surface area contributed by atoms with Gasteiger partial charge in [-0.15, -0.1) is 0 Å². The first-order valence-corrected chi connectivity index (χ1v) is 7.08. The molecule has 1 N–H and O–H groups in total. The molecule has 1 saturated heterocycles. The maximum Gasteiger partial charge on any atom is 0.256 e. The molecule has 1 aliphatic heterocycles. The Morgan fingerprint density at radius 2 is 2.35 bits per heavy atom. The van der Waals surface area contributed by atoms with Crippen molar-refractivity contribution in [2.75, 3.05) is 19.9 Å². The molecule has 6 nitrogen and oxygen atoms in total. The van der Waals surface area contributed by atoms with Crippen molar-refractivity contribution in [1.29, 1.82) is 0 Å². The summed E-state index contributed by atoms with van der Waals surface area (Å²) in [6.07, 6.45) is 0.767. The van der Waals surface area contributed by atoms with Gasteiger partial charge in [0.05, 0.1) is 24.0 Å². The van der Waals surface area contributed by atoms with E-state index in [0.29, 0.717) is 29.6 Å². The third-order valence-electron chi connectivity index (χ3n) is 3.24. The van der Waals surface area contributed by atoms with Crippen molar-refractivity contribution >= 4 is 17.5 Å². The zero-order valence-corrected chi connectivity index (χ0v) is 12.7. The maximum absolute atomic E-state index is 12.3. The van der Waals surface area contributed by atoms with Crippen molar-refractivity contribution in [3.63, 3.8) is 0 Å². The monoisotopic (exact) mass is 301 g/mol. The van der Waals surface area contributed by atoms with Gasteiger partial charge in [-0.3, -0.25) is 9.48 Å². The third-order valence-corrected chi connectivity index (χ3v) is 3.67. The standard InChI is InChI=1S/C13H20ClN3O3/c1-8(2)11-10(12(14)17(3)16-11)13(18)15-6-9-4-5-19-7-20-9/h8-9H,4-7H2,1-3H3,(H,15,18)/t9-/m1/s1. The minimum absolute atomic E-state index is 0.00866. The van der Waals surface area contributed by atoms with E-state index in [1.165, 1.54) is 4.68 Å². The molecule has 0 aromatic carbocycles. The average Bonchev–Trinajstić information content (AvgIpc) is 2.74. The summed E-state index contributed by atoms with van der Waals surface area (Å²) < 4.78 is 12.0. The summed E-state index contributed by atoms with van der Waals surface area (Å²) in [5, 5.41) is 7.52. The van der Waals surface area contributed by atoms with E-state index in [1.54, 1.807) is 7.05 Å². The van der Waals surface area contributed by atoms with Gasteiger partial charge >= 0.3 is 0 Å². The second-order valence-electron chi connectivity index (χ2n) is 5.14. The number of nitrogens with zero attached hydrogens (tertiary/aromatic N) is 2. The van der Waals surface area contributed by atoms with Gasteiger partial charge in [0.2, 0.25) is 0 Å². The van der Waals surface area contributed by atoms with Crippen LogP contribution in [0.15, 0.2) is 0 Å². The summed E-state index contributed by atoms with van der Waals surface area (Å²) in [7, 11) is 1.73. The lowest BCUT2D eigenvalue weighted by atomic mass is 10.1. The first kappa shape index (κ1) is 15.3. The van der Waals surface area contributed by atoms with Gasteiger partial charge in [-0.2, -0.15) is 5.10 Å². The molecule has 1 aliphatic rings. The van der Waals surface area contributed by atoms with E-state index in [-0.39, 0.29) is 24.7 Å². The van der Waals surface area contributed by atoms with E-state index in [4.69, 9.17) is 21.1 Å². The molecule has 2 heterocycles. The molecule has 1 fully saturated rings. The Bertz CT molecular complexity index is 481. The van der Waals surface area contributed by atoms with Crippen molar-refractivity contribution < 1.29 is 14.3 Å². The highest BCUT2D eigenvalue weighted by Crippen LogP contribution is 2.25. The van der Waals surface area contributed by atoms with Crippen LogP contribution in [0, 0.1) is 0 Å². The Hall–Kier alpha value is -1.11. The fourth-order valence-electron chi connectivity index (χ4n) is 2.09. The first-order chi connectivity index (χ1) is 9.50. The molecular weight excluding hydrogens is 282 g/mol. The Morgan fingerprint density at radius 3 is 2.95 bits per heavy atom. The van der Waals surface area contributed by atoms with E-state index in [0.717, 1.165) is 6.42 Å². The molecule has 1 aromatic rings. The first-order valence-electron chi connectivity index (χ1n) is 6.70. The summed E-state index contributed by atoms with van der Waals surface area (Å²) in [5.41, 5.74) is 1.17. The Balaban J connectivity index is 2.04. The zero-order chi connectivity index (χ0) is 14.7. The quantitative estimate of drug-likeness (QED) is 0.919. The number of ether oxygens (including phenoxy) is 2. The zero-order valence-electron chi connectivity index (χ0n) is 12.0. The number of nitrogens with one attached hydrogen (secondary N) is 1. The Labute approximate surface area is 123 Å². The molecule has 1 amide bonds. The number of hydrogen-bond donors (Lipinski definition) is 1. The summed E-state index contributed by atoms with van der Waals surface area (Å²) in [4.78, 5) is 12.3. The summed E-state index contributed by atoms with van der Waals surface area (Å²) in [5.74, 6) is -0.0735. The molecule has 7 heteroatoms. The van der Waals surface area contributed by atoms with Crippen LogP contribution in [0.5, 0.6) is 0 Å². The Kier molecular flexibility index (Phi) is 5.01. The van der Waals surface area contributed by atoms with Crippen LogP contribution in [0.3, 0.4) is 0 Å². The molecule has 0 radical (unpaired) electrons. The van der Waals surface area contributed by atoms with Crippen LogP contribution in [-0.4, -0.2) is 41.7 Å². The largest absolute Gasteiger partial charge is 0.355 e. The van der Waals surface area contributed by atoms with Crippen molar-refractivity contribution in [1.82, 2.24) is 15.1 Å².